The Balaban J connectivity index is 2.85. The molecule has 0 atom stereocenters. The van der Waals surface area contributed by atoms with Crippen LogP contribution < -0.4 is 11.1 Å². The lowest BCUT2D eigenvalue weighted by molar-refractivity contribution is -0.392. The highest BCUT2D eigenvalue weighted by Crippen LogP contribution is 2.50. The molecule has 0 spiro atoms. The Morgan fingerprint density at radius 3 is 2.20 bits per heavy atom. The number of rotatable bonds is 7. The third-order valence-corrected chi connectivity index (χ3v) is 3.85. The summed E-state index contributed by atoms with van der Waals surface area (Å²) in [7, 11) is 0. The minimum atomic E-state index is -5.09. The molecule has 0 amide bonds. The van der Waals surface area contributed by atoms with E-state index in [-0.39, 0.29) is 12.5 Å². The van der Waals surface area contributed by atoms with E-state index < -0.39 is 56.3 Å². The third-order valence-electron chi connectivity index (χ3n) is 3.85. The van der Waals surface area contributed by atoms with E-state index in [1.807, 2.05) is 0 Å². The number of hydrogen-bond donors (Lipinski definition) is 2. The van der Waals surface area contributed by atoms with Crippen molar-refractivity contribution >= 4 is 22.7 Å². The molecule has 0 aromatic heterocycles. The maximum atomic E-state index is 13.4. The minimum Gasteiger partial charge on any atom is -0.393 e. The normalized spacial score (nSPS) is 14.2. The van der Waals surface area contributed by atoms with Crippen molar-refractivity contribution < 1.29 is 23.0 Å². The maximum absolute atomic E-state index is 13.4. The summed E-state index contributed by atoms with van der Waals surface area (Å²) in [6.45, 7) is 3.48. The van der Waals surface area contributed by atoms with Gasteiger partial charge in [0.1, 0.15) is 5.69 Å². The Morgan fingerprint density at radius 1 is 1.24 bits per heavy atom. The zero-order valence-electron chi connectivity index (χ0n) is 12.9. The molecule has 0 saturated heterocycles. The van der Waals surface area contributed by atoms with Gasteiger partial charge in [-0.15, -0.1) is 6.58 Å². The lowest BCUT2D eigenvalue weighted by Crippen LogP contribution is -2.19. The predicted molar refractivity (Wildman–Crippen MR) is 84.3 cm³/mol. The van der Waals surface area contributed by atoms with Gasteiger partial charge in [0.2, 0.25) is 0 Å². The molecule has 11 heteroatoms. The molecule has 1 fully saturated rings. The number of allylic oxidation sites excluding steroid dienone is 1. The number of nitro groups is 2. The number of anilines is 2. The molecule has 25 heavy (non-hydrogen) atoms. The SMILES string of the molecule is C=CCc1c([N+](=O)[O-])c(NCC2CC2)c([N+](=O)[O-])c(N)c1C(F)(F)F. The topological polar surface area (TPSA) is 124 Å². The van der Waals surface area contributed by atoms with Crippen LogP contribution in [0.15, 0.2) is 12.7 Å². The van der Waals surface area contributed by atoms with Crippen LogP contribution in [0.5, 0.6) is 0 Å². The van der Waals surface area contributed by atoms with Gasteiger partial charge in [-0.1, -0.05) is 6.08 Å². The van der Waals surface area contributed by atoms with Crippen molar-refractivity contribution in [1.82, 2.24) is 0 Å². The average Bonchev–Trinajstić information content (AvgIpc) is 3.26. The van der Waals surface area contributed by atoms with Gasteiger partial charge in [0, 0.05) is 6.54 Å². The van der Waals surface area contributed by atoms with Crippen LogP contribution in [0.4, 0.5) is 35.9 Å². The van der Waals surface area contributed by atoms with Crippen LogP contribution in [0.3, 0.4) is 0 Å². The number of nitrogen functional groups attached to an aromatic ring is 1. The van der Waals surface area contributed by atoms with Gasteiger partial charge in [0.15, 0.2) is 5.69 Å². The number of nitrogens with two attached hydrogens (primary N) is 1. The molecular weight excluding hydrogens is 345 g/mol. The fraction of sp³-hybridized carbons (Fsp3) is 0.429. The summed E-state index contributed by atoms with van der Waals surface area (Å²) < 4.78 is 40.2. The van der Waals surface area contributed by atoms with E-state index in [0.29, 0.717) is 0 Å². The van der Waals surface area contributed by atoms with Gasteiger partial charge in [-0.3, -0.25) is 20.2 Å². The lowest BCUT2D eigenvalue weighted by Gasteiger charge is -2.18. The second kappa shape index (κ2) is 6.57. The summed E-state index contributed by atoms with van der Waals surface area (Å²) in [5.41, 5.74) is -0.731. The molecule has 0 heterocycles. The zero-order valence-corrected chi connectivity index (χ0v) is 12.9. The van der Waals surface area contributed by atoms with Crippen molar-refractivity contribution in [2.45, 2.75) is 25.4 Å². The van der Waals surface area contributed by atoms with Crippen molar-refractivity contribution in [3.05, 3.63) is 44.0 Å². The predicted octanol–water partition coefficient (Wildman–Crippen LogP) is 3.65. The standard InChI is InChI=1S/C14H15F3N4O4/c1-2-3-8-9(14(15,16)17)10(18)13(21(24)25)11(12(8)20(22)23)19-6-7-4-5-7/h2,7,19H,1,3-6,18H2. The first-order valence-corrected chi connectivity index (χ1v) is 7.28. The van der Waals surface area contributed by atoms with Crippen LogP contribution in [0.1, 0.15) is 24.0 Å². The van der Waals surface area contributed by atoms with Gasteiger partial charge < -0.3 is 11.1 Å². The van der Waals surface area contributed by atoms with Crippen molar-refractivity contribution in [1.29, 1.82) is 0 Å². The number of alkyl halides is 3. The first kappa shape index (κ1) is 18.5. The fourth-order valence-electron chi connectivity index (χ4n) is 2.59. The molecule has 1 saturated carbocycles. The first-order chi connectivity index (χ1) is 11.6. The van der Waals surface area contributed by atoms with Crippen LogP contribution in [0, 0.1) is 26.1 Å². The summed E-state index contributed by atoms with van der Waals surface area (Å²) >= 11 is 0. The number of nitrogens with zero attached hydrogens (tertiary/aromatic N) is 2. The highest BCUT2D eigenvalue weighted by molar-refractivity contribution is 5.88. The number of nitrogens with one attached hydrogen (secondary N) is 1. The quantitative estimate of drug-likeness (QED) is 0.331. The van der Waals surface area contributed by atoms with E-state index in [9.17, 15) is 33.4 Å². The second-order valence-electron chi connectivity index (χ2n) is 5.67. The number of benzene rings is 1. The molecule has 0 radical (unpaired) electrons. The molecule has 1 aromatic carbocycles. The van der Waals surface area contributed by atoms with E-state index >= 15 is 0 Å². The third kappa shape index (κ3) is 3.64. The van der Waals surface area contributed by atoms with E-state index in [1.165, 1.54) is 0 Å². The molecular formula is C14H15F3N4O4. The molecule has 0 aliphatic heterocycles. The molecule has 1 aromatic rings. The van der Waals surface area contributed by atoms with Crippen LogP contribution in [-0.2, 0) is 12.6 Å². The number of halogens is 3. The summed E-state index contributed by atoms with van der Waals surface area (Å²) in [5.74, 6) is 0.172. The molecule has 1 aliphatic carbocycles. The minimum absolute atomic E-state index is 0.172. The second-order valence-corrected chi connectivity index (χ2v) is 5.67. The molecule has 0 bridgehead atoms. The smallest absolute Gasteiger partial charge is 0.393 e. The Bertz CT molecular complexity index is 745. The highest BCUT2D eigenvalue weighted by atomic mass is 19.4. The van der Waals surface area contributed by atoms with Crippen molar-refractivity contribution in [2.24, 2.45) is 5.92 Å². The maximum Gasteiger partial charge on any atom is 0.419 e. The van der Waals surface area contributed by atoms with Gasteiger partial charge in [0.05, 0.1) is 21.0 Å². The zero-order chi connectivity index (χ0) is 18.9. The van der Waals surface area contributed by atoms with Crippen LogP contribution in [0.25, 0.3) is 0 Å². The van der Waals surface area contributed by atoms with E-state index in [4.69, 9.17) is 5.73 Å². The van der Waals surface area contributed by atoms with Crippen molar-refractivity contribution in [2.75, 3.05) is 17.6 Å². The van der Waals surface area contributed by atoms with Crippen LogP contribution in [0.2, 0.25) is 0 Å². The van der Waals surface area contributed by atoms with E-state index in [0.717, 1.165) is 18.9 Å². The van der Waals surface area contributed by atoms with Crippen LogP contribution in [-0.4, -0.2) is 16.4 Å². The largest absolute Gasteiger partial charge is 0.419 e. The Morgan fingerprint density at radius 2 is 1.80 bits per heavy atom. The molecule has 1 aliphatic rings. The molecule has 0 unspecified atom stereocenters. The summed E-state index contributed by atoms with van der Waals surface area (Å²) in [6.07, 6.45) is -2.87. The van der Waals surface area contributed by atoms with Crippen molar-refractivity contribution in [3.8, 4) is 0 Å². The molecule has 136 valence electrons. The van der Waals surface area contributed by atoms with Gasteiger partial charge in [-0.05, 0) is 25.2 Å². The Hall–Kier alpha value is -2.85. The number of nitro benzene ring substituents is 2. The monoisotopic (exact) mass is 360 g/mol. The van der Waals surface area contributed by atoms with Crippen molar-refractivity contribution in [3.63, 3.8) is 0 Å². The Labute approximate surface area is 139 Å². The summed E-state index contributed by atoms with van der Waals surface area (Å²) in [5, 5.41) is 25.3. The van der Waals surface area contributed by atoms with E-state index in [2.05, 4.69) is 11.9 Å². The average molecular weight is 360 g/mol. The van der Waals surface area contributed by atoms with Gasteiger partial charge >= 0.3 is 17.6 Å². The molecule has 8 nitrogen and oxygen atoms in total. The highest BCUT2D eigenvalue weighted by Gasteiger charge is 2.45. The van der Waals surface area contributed by atoms with Crippen LogP contribution >= 0.6 is 0 Å². The molecule has 2 rings (SSSR count). The Kier molecular flexibility index (Phi) is 4.86. The van der Waals surface area contributed by atoms with Gasteiger partial charge in [0.25, 0.3) is 0 Å². The van der Waals surface area contributed by atoms with Gasteiger partial charge in [-0.25, -0.2) is 0 Å². The fourth-order valence-corrected chi connectivity index (χ4v) is 2.59. The summed E-state index contributed by atoms with van der Waals surface area (Å²) in [6, 6.07) is 0. The number of hydrogen-bond acceptors (Lipinski definition) is 6. The lowest BCUT2D eigenvalue weighted by atomic mass is 9.96. The first-order valence-electron chi connectivity index (χ1n) is 7.28. The van der Waals surface area contributed by atoms with Gasteiger partial charge in [-0.2, -0.15) is 13.2 Å². The summed E-state index contributed by atoms with van der Waals surface area (Å²) in [4.78, 5) is 20.6. The van der Waals surface area contributed by atoms with E-state index in [1.54, 1.807) is 0 Å². The molecule has 3 N–H and O–H groups in total.